The number of phenolic OH excluding ortho intramolecular Hbond substituents is 1. The van der Waals surface area contributed by atoms with E-state index in [4.69, 9.17) is 16.3 Å². The van der Waals surface area contributed by atoms with E-state index in [0.29, 0.717) is 14.9 Å². The van der Waals surface area contributed by atoms with Crippen LogP contribution in [0.5, 0.6) is 11.5 Å². The fraction of sp³-hybridized carbons (Fsp3) is 0. The Labute approximate surface area is 122 Å². The number of rotatable bonds is 2. The fourth-order valence-electron chi connectivity index (χ4n) is 1.34. The van der Waals surface area contributed by atoms with Crippen molar-refractivity contribution >= 4 is 40.2 Å². The molecule has 2 aromatic carbocycles. The molecule has 18 heavy (non-hydrogen) atoms. The minimum atomic E-state index is -0.465. The molecule has 0 aliphatic heterocycles. The SMILES string of the molecule is O=C(Oc1cc(Cl)c(O)c(I)c1)c1ccccc1. The molecule has 0 saturated heterocycles. The molecule has 0 aliphatic rings. The Kier molecular flexibility index (Phi) is 4.08. The Morgan fingerprint density at radius 2 is 1.89 bits per heavy atom. The van der Waals surface area contributed by atoms with E-state index in [-0.39, 0.29) is 10.8 Å². The molecule has 0 radical (unpaired) electrons. The zero-order valence-corrected chi connectivity index (χ0v) is 12.0. The normalized spacial score (nSPS) is 10.1. The number of hydrogen-bond acceptors (Lipinski definition) is 3. The first-order chi connectivity index (χ1) is 8.58. The van der Waals surface area contributed by atoms with E-state index in [0.717, 1.165) is 0 Å². The predicted octanol–water partition coefficient (Wildman–Crippen LogP) is 3.87. The number of aromatic hydroxyl groups is 1. The van der Waals surface area contributed by atoms with Crippen LogP contribution in [0.4, 0.5) is 0 Å². The van der Waals surface area contributed by atoms with Crippen molar-refractivity contribution in [2.75, 3.05) is 0 Å². The Morgan fingerprint density at radius 1 is 1.22 bits per heavy atom. The van der Waals surface area contributed by atoms with Crippen molar-refractivity contribution < 1.29 is 14.6 Å². The molecule has 0 saturated carbocycles. The van der Waals surface area contributed by atoms with Gasteiger partial charge in [0.1, 0.15) is 11.5 Å². The smallest absolute Gasteiger partial charge is 0.343 e. The molecule has 1 N–H and O–H groups in total. The van der Waals surface area contributed by atoms with Crippen molar-refractivity contribution in [1.82, 2.24) is 0 Å². The number of carbonyl (C=O) groups excluding carboxylic acids is 1. The number of halogens is 2. The minimum absolute atomic E-state index is 0.0169. The second-order valence-corrected chi connectivity index (χ2v) is 5.06. The highest BCUT2D eigenvalue weighted by atomic mass is 127. The molecule has 0 aromatic heterocycles. The van der Waals surface area contributed by atoms with E-state index in [1.165, 1.54) is 6.07 Å². The summed E-state index contributed by atoms with van der Waals surface area (Å²) in [4.78, 5) is 11.8. The van der Waals surface area contributed by atoms with Gasteiger partial charge in [-0.3, -0.25) is 0 Å². The van der Waals surface area contributed by atoms with Gasteiger partial charge in [0.05, 0.1) is 14.2 Å². The van der Waals surface area contributed by atoms with E-state index < -0.39 is 5.97 Å². The third kappa shape index (κ3) is 2.94. The van der Waals surface area contributed by atoms with Crippen LogP contribution < -0.4 is 4.74 Å². The van der Waals surface area contributed by atoms with Crippen LogP contribution in [0.25, 0.3) is 0 Å². The van der Waals surface area contributed by atoms with Crippen molar-refractivity contribution in [2.45, 2.75) is 0 Å². The summed E-state index contributed by atoms with van der Waals surface area (Å²) in [7, 11) is 0. The Morgan fingerprint density at radius 3 is 2.50 bits per heavy atom. The van der Waals surface area contributed by atoms with Crippen LogP contribution >= 0.6 is 34.2 Å². The zero-order chi connectivity index (χ0) is 13.1. The van der Waals surface area contributed by atoms with Crippen LogP contribution in [0.1, 0.15) is 10.4 Å². The second kappa shape index (κ2) is 5.58. The van der Waals surface area contributed by atoms with Crippen LogP contribution in [0.2, 0.25) is 5.02 Å². The lowest BCUT2D eigenvalue weighted by Crippen LogP contribution is -2.08. The van der Waals surface area contributed by atoms with Gasteiger partial charge in [-0.2, -0.15) is 0 Å². The summed E-state index contributed by atoms with van der Waals surface area (Å²) in [5.74, 6) is -0.180. The van der Waals surface area contributed by atoms with Crippen LogP contribution in [0, 0.1) is 3.57 Å². The van der Waals surface area contributed by atoms with Crippen LogP contribution in [0.3, 0.4) is 0 Å². The number of phenols is 1. The van der Waals surface area contributed by atoms with Gasteiger partial charge in [-0.1, -0.05) is 29.8 Å². The summed E-state index contributed by atoms with van der Waals surface area (Å²) in [5.41, 5.74) is 0.455. The molecule has 0 spiro atoms. The third-order valence-electron chi connectivity index (χ3n) is 2.21. The van der Waals surface area contributed by atoms with Gasteiger partial charge in [-0.05, 0) is 40.8 Å². The first-order valence-corrected chi connectivity index (χ1v) is 6.49. The van der Waals surface area contributed by atoms with Gasteiger partial charge < -0.3 is 9.84 Å². The number of hydrogen-bond donors (Lipinski definition) is 1. The highest BCUT2D eigenvalue weighted by Crippen LogP contribution is 2.33. The molecule has 2 aromatic rings. The first-order valence-electron chi connectivity index (χ1n) is 5.03. The summed E-state index contributed by atoms with van der Waals surface area (Å²) in [5, 5.41) is 9.65. The second-order valence-electron chi connectivity index (χ2n) is 3.49. The summed E-state index contributed by atoms with van der Waals surface area (Å²) in [6.07, 6.45) is 0. The monoisotopic (exact) mass is 374 g/mol. The molecule has 3 nitrogen and oxygen atoms in total. The minimum Gasteiger partial charge on any atom is -0.505 e. The zero-order valence-electron chi connectivity index (χ0n) is 9.06. The lowest BCUT2D eigenvalue weighted by atomic mass is 10.2. The molecule has 92 valence electrons. The number of ether oxygens (including phenoxy) is 1. The first kappa shape index (κ1) is 13.2. The van der Waals surface area contributed by atoms with Gasteiger partial charge >= 0.3 is 5.97 Å². The van der Waals surface area contributed by atoms with Gasteiger partial charge in [-0.25, -0.2) is 4.79 Å². The summed E-state index contributed by atoms with van der Waals surface area (Å²) in [6, 6.07) is 11.6. The van der Waals surface area contributed by atoms with E-state index in [2.05, 4.69) is 0 Å². The molecule has 2 rings (SSSR count). The van der Waals surface area contributed by atoms with Crippen LogP contribution in [-0.2, 0) is 0 Å². The lowest BCUT2D eigenvalue weighted by molar-refractivity contribution is 0.0734. The summed E-state index contributed by atoms with van der Waals surface area (Å²) < 4.78 is 5.70. The van der Waals surface area contributed by atoms with Gasteiger partial charge in [0, 0.05) is 6.07 Å². The quantitative estimate of drug-likeness (QED) is 0.493. The summed E-state index contributed by atoms with van der Waals surface area (Å²) >= 11 is 7.71. The van der Waals surface area contributed by atoms with Gasteiger partial charge in [0.25, 0.3) is 0 Å². The maximum absolute atomic E-state index is 11.8. The molecule has 0 aliphatic carbocycles. The lowest BCUT2D eigenvalue weighted by Gasteiger charge is -2.07. The molecular weight excluding hydrogens is 366 g/mol. The number of carbonyl (C=O) groups is 1. The van der Waals surface area contributed by atoms with Crippen molar-refractivity contribution in [1.29, 1.82) is 0 Å². The topological polar surface area (TPSA) is 46.5 Å². The molecule has 0 atom stereocenters. The molecule has 0 bridgehead atoms. The van der Waals surface area contributed by atoms with E-state index in [9.17, 15) is 9.90 Å². The number of esters is 1. The van der Waals surface area contributed by atoms with Crippen LogP contribution in [-0.4, -0.2) is 11.1 Å². The fourth-order valence-corrected chi connectivity index (χ4v) is 2.31. The maximum Gasteiger partial charge on any atom is 0.343 e. The highest BCUT2D eigenvalue weighted by Gasteiger charge is 2.11. The summed E-state index contributed by atoms with van der Waals surface area (Å²) in [6.45, 7) is 0. The number of benzene rings is 2. The van der Waals surface area contributed by atoms with Crippen molar-refractivity contribution in [3.05, 3.63) is 56.6 Å². The van der Waals surface area contributed by atoms with E-state index in [1.807, 2.05) is 28.7 Å². The maximum atomic E-state index is 11.8. The Bertz CT molecular complexity index is 561. The van der Waals surface area contributed by atoms with Crippen molar-refractivity contribution in [2.24, 2.45) is 0 Å². The molecule has 5 heteroatoms. The van der Waals surface area contributed by atoms with Gasteiger partial charge in [-0.15, -0.1) is 0 Å². The third-order valence-corrected chi connectivity index (χ3v) is 3.32. The standard InChI is InChI=1S/C13H8ClIO3/c14-10-6-9(7-11(15)12(10)16)18-13(17)8-4-2-1-3-5-8/h1-7,16H. The molecule has 0 heterocycles. The van der Waals surface area contributed by atoms with Crippen molar-refractivity contribution in [3.63, 3.8) is 0 Å². The highest BCUT2D eigenvalue weighted by molar-refractivity contribution is 14.1. The average molecular weight is 375 g/mol. The van der Waals surface area contributed by atoms with Crippen LogP contribution in [0.15, 0.2) is 42.5 Å². The molecule has 0 amide bonds. The van der Waals surface area contributed by atoms with Gasteiger partial charge in [0.2, 0.25) is 0 Å². The van der Waals surface area contributed by atoms with E-state index in [1.54, 1.807) is 30.3 Å². The molecular formula is C13H8ClIO3. The predicted molar refractivity (Wildman–Crippen MR) is 77.2 cm³/mol. The molecule has 0 fully saturated rings. The van der Waals surface area contributed by atoms with Crippen molar-refractivity contribution in [3.8, 4) is 11.5 Å². The van der Waals surface area contributed by atoms with E-state index >= 15 is 0 Å². The largest absolute Gasteiger partial charge is 0.505 e. The Hall–Kier alpha value is -1.27. The van der Waals surface area contributed by atoms with Gasteiger partial charge in [0.15, 0.2) is 0 Å². The Balaban J connectivity index is 2.23. The average Bonchev–Trinajstić information content (AvgIpc) is 2.37. The molecule has 0 unspecified atom stereocenters.